The van der Waals surface area contributed by atoms with Crippen molar-refractivity contribution < 1.29 is 34.8 Å². The number of carbonyl (C=O) groups is 3. The van der Waals surface area contributed by atoms with Gasteiger partial charge in [-0.3, -0.25) is 14.4 Å². The summed E-state index contributed by atoms with van der Waals surface area (Å²) in [7, 11) is 0. The molecule has 0 bridgehead atoms. The number of hydrogen-bond acceptors (Lipinski definition) is 4. The van der Waals surface area contributed by atoms with Crippen LogP contribution in [-0.2, 0) is 14.4 Å². The van der Waals surface area contributed by atoms with Gasteiger partial charge in [0.15, 0.2) is 0 Å². The Morgan fingerprint density at radius 3 is 0.581 bits per heavy atom. The molecular weight excluding hydrogens is 773 g/mol. The van der Waals surface area contributed by atoms with Crippen molar-refractivity contribution in [3.63, 3.8) is 0 Å². The quantitative estimate of drug-likeness (QED) is 0.0447. The van der Waals surface area contributed by atoms with Crippen molar-refractivity contribution in [1.82, 2.24) is 0 Å². The van der Waals surface area contributed by atoms with Crippen molar-refractivity contribution in [2.45, 2.75) is 335 Å². The zero-order valence-electron chi connectivity index (χ0n) is 42.0. The molecule has 4 N–H and O–H groups in total. The largest absolute Gasteiger partial charge is 0.481 e. The van der Waals surface area contributed by atoms with E-state index in [1.165, 1.54) is 225 Å². The molecule has 0 amide bonds. The second-order valence-corrected chi connectivity index (χ2v) is 18.8. The van der Waals surface area contributed by atoms with Crippen molar-refractivity contribution in [2.24, 2.45) is 0 Å². The Labute approximate surface area is 386 Å². The molecule has 0 spiro atoms. The number of carboxylic acid groups (broad SMARTS) is 3. The molecule has 0 heterocycles. The molecule has 0 aliphatic carbocycles. The molecule has 0 aliphatic rings. The van der Waals surface area contributed by atoms with Crippen molar-refractivity contribution in [2.75, 3.05) is 0 Å². The molecule has 1 unspecified atom stereocenters. The lowest BCUT2D eigenvalue weighted by Crippen LogP contribution is -2.05. The highest BCUT2D eigenvalue weighted by Gasteiger charge is 2.04. The molecule has 372 valence electrons. The summed E-state index contributed by atoms with van der Waals surface area (Å²) in [4.78, 5) is 31.0. The maximum Gasteiger partial charge on any atom is 0.303 e. The normalized spacial score (nSPS) is 11.4. The van der Waals surface area contributed by atoms with Crippen LogP contribution in [0, 0.1) is 0 Å². The molecule has 0 aromatic carbocycles. The fourth-order valence-electron chi connectivity index (χ4n) is 8.14. The minimum Gasteiger partial charge on any atom is -0.481 e. The van der Waals surface area contributed by atoms with Crippen molar-refractivity contribution in [3.05, 3.63) is 0 Å². The first-order valence-corrected chi connectivity index (χ1v) is 27.5. The fraction of sp³-hybridized carbons (Fsp3) is 0.945. The molecule has 0 aromatic rings. The van der Waals surface area contributed by atoms with Crippen LogP contribution in [0.15, 0.2) is 0 Å². The number of aliphatic hydroxyl groups excluding tert-OH is 1. The fourth-order valence-corrected chi connectivity index (χ4v) is 8.14. The van der Waals surface area contributed by atoms with Crippen molar-refractivity contribution >= 4 is 17.9 Å². The molecular formula is C55H110O7. The Bertz CT molecular complexity index is 863. The second-order valence-electron chi connectivity index (χ2n) is 18.8. The number of aliphatic carboxylic acids is 3. The molecule has 1 atom stereocenters. The highest BCUT2D eigenvalue weighted by atomic mass is 16.4. The summed E-state index contributed by atoms with van der Waals surface area (Å²) >= 11 is 0. The van der Waals surface area contributed by atoms with E-state index in [1.807, 2.05) is 0 Å². The van der Waals surface area contributed by atoms with Gasteiger partial charge in [-0.15, -0.1) is 0 Å². The molecule has 62 heavy (non-hydrogen) atoms. The van der Waals surface area contributed by atoms with Gasteiger partial charge < -0.3 is 20.4 Å². The second kappa shape index (κ2) is 59.4. The van der Waals surface area contributed by atoms with E-state index in [2.05, 4.69) is 20.8 Å². The Balaban J connectivity index is -0.000000843. The van der Waals surface area contributed by atoms with Gasteiger partial charge in [0, 0.05) is 19.3 Å². The zero-order valence-corrected chi connectivity index (χ0v) is 42.0. The van der Waals surface area contributed by atoms with E-state index >= 15 is 0 Å². The smallest absolute Gasteiger partial charge is 0.303 e. The van der Waals surface area contributed by atoms with E-state index in [9.17, 15) is 19.5 Å². The van der Waals surface area contributed by atoms with Crippen LogP contribution in [0.1, 0.15) is 329 Å². The van der Waals surface area contributed by atoms with Crippen LogP contribution in [0.2, 0.25) is 0 Å². The number of unbranched alkanes of at least 4 members (excludes halogenated alkanes) is 39. The van der Waals surface area contributed by atoms with E-state index in [1.54, 1.807) is 0 Å². The average molecular weight is 883 g/mol. The third kappa shape index (κ3) is 70.0. The highest BCUT2D eigenvalue weighted by Crippen LogP contribution is 2.17. The van der Waals surface area contributed by atoms with E-state index in [-0.39, 0.29) is 6.10 Å². The molecule has 0 rings (SSSR count). The van der Waals surface area contributed by atoms with E-state index in [4.69, 9.17) is 15.3 Å². The molecule has 7 heteroatoms. The van der Waals surface area contributed by atoms with E-state index in [0.29, 0.717) is 19.3 Å². The van der Waals surface area contributed by atoms with E-state index < -0.39 is 17.9 Å². The summed E-state index contributed by atoms with van der Waals surface area (Å²) < 4.78 is 0. The summed E-state index contributed by atoms with van der Waals surface area (Å²) in [5.74, 6) is -1.98. The van der Waals surface area contributed by atoms with Crippen LogP contribution in [0.4, 0.5) is 0 Å². The third-order valence-electron chi connectivity index (χ3n) is 12.3. The minimum absolute atomic E-state index is 0.0853. The van der Waals surface area contributed by atoms with Crippen molar-refractivity contribution in [3.8, 4) is 0 Å². The Kier molecular flexibility index (Phi) is 61.9. The van der Waals surface area contributed by atoms with Crippen LogP contribution in [0.3, 0.4) is 0 Å². The van der Waals surface area contributed by atoms with Gasteiger partial charge in [-0.2, -0.15) is 0 Å². The van der Waals surface area contributed by atoms with Crippen LogP contribution in [0.25, 0.3) is 0 Å². The van der Waals surface area contributed by atoms with Crippen molar-refractivity contribution in [1.29, 1.82) is 0 Å². The molecule has 0 aromatic heterocycles. The van der Waals surface area contributed by atoms with Crippen LogP contribution < -0.4 is 0 Å². The average Bonchev–Trinajstić information content (AvgIpc) is 3.24. The summed E-state index contributed by atoms with van der Waals surface area (Å²) in [5, 5.41) is 35.4. The monoisotopic (exact) mass is 883 g/mol. The molecule has 0 aliphatic heterocycles. The van der Waals surface area contributed by atoms with Gasteiger partial charge >= 0.3 is 17.9 Å². The first kappa shape index (κ1) is 64.7. The Morgan fingerprint density at radius 2 is 0.403 bits per heavy atom. The van der Waals surface area contributed by atoms with Gasteiger partial charge in [0.1, 0.15) is 0 Å². The Hall–Kier alpha value is -1.63. The summed E-state index contributed by atoms with van der Waals surface area (Å²) in [5.41, 5.74) is 0. The van der Waals surface area contributed by atoms with Crippen LogP contribution in [0.5, 0.6) is 0 Å². The van der Waals surface area contributed by atoms with Gasteiger partial charge in [0.2, 0.25) is 0 Å². The molecule has 7 nitrogen and oxygen atoms in total. The molecule has 0 saturated heterocycles. The number of carboxylic acids is 3. The van der Waals surface area contributed by atoms with Crippen LogP contribution >= 0.6 is 0 Å². The predicted molar refractivity (Wildman–Crippen MR) is 268 cm³/mol. The maximum absolute atomic E-state index is 10.3. The maximum atomic E-state index is 10.3. The van der Waals surface area contributed by atoms with Gasteiger partial charge in [0.25, 0.3) is 0 Å². The number of rotatable bonds is 49. The third-order valence-corrected chi connectivity index (χ3v) is 12.3. The van der Waals surface area contributed by atoms with E-state index in [0.717, 1.165) is 64.2 Å². The molecule has 0 fully saturated rings. The minimum atomic E-state index is -0.678. The first-order chi connectivity index (χ1) is 30.2. The first-order valence-electron chi connectivity index (χ1n) is 27.5. The number of hydrogen-bond donors (Lipinski definition) is 4. The lowest BCUT2D eigenvalue weighted by Gasteiger charge is -2.10. The summed E-state index contributed by atoms with van der Waals surface area (Å²) in [6, 6.07) is 0. The lowest BCUT2D eigenvalue weighted by molar-refractivity contribution is -0.138. The molecule has 0 radical (unpaired) electrons. The van der Waals surface area contributed by atoms with Gasteiger partial charge in [-0.05, 0) is 32.1 Å². The van der Waals surface area contributed by atoms with Gasteiger partial charge in [-0.1, -0.05) is 278 Å². The highest BCUT2D eigenvalue weighted by molar-refractivity contribution is 5.67. The predicted octanol–water partition coefficient (Wildman–Crippen LogP) is 18.4. The Morgan fingerprint density at radius 1 is 0.258 bits per heavy atom. The summed E-state index contributed by atoms with van der Waals surface area (Å²) in [6.45, 7) is 6.75. The topological polar surface area (TPSA) is 132 Å². The van der Waals surface area contributed by atoms with Crippen LogP contribution in [-0.4, -0.2) is 44.4 Å². The standard InChI is InChI=1S/C19H38O2.C18H36O3.C18H36O2/c1-2-3-4-5-6-7-8-9-10-11-12-13-14-15-16-17-18-19(20)21;1-2-3-4-11-14-17(19)15-12-9-7-5-6-8-10-13-16-18(20)21;1-2-3-4-5-6-7-8-9-10-11-12-13-14-15-16-17-18(19)20/h2-18H2,1H3,(H,20,21);17,19H,2-16H2,1H3,(H,20,21);2-17H2,1H3,(H,19,20). The zero-order chi connectivity index (χ0) is 46.3. The summed E-state index contributed by atoms with van der Waals surface area (Å²) in [6.07, 6.45) is 58.1. The van der Waals surface area contributed by atoms with Gasteiger partial charge in [0.05, 0.1) is 6.10 Å². The molecule has 0 saturated carbocycles. The lowest BCUT2D eigenvalue weighted by atomic mass is 10.0. The van der Waals surface area contributed by atoms with Gasteiger partial charge in [-0.25, -0.2) is 0 Å². The SMILES string of the molecule is CCCCCCC(O)CCCCCCCCCCC(=O)O.CCCCCCCCCCCCCCCCCC(=O)O.CCCCCCCCCCCCCCCCCCC(=O)O. The number of aliphatic hydroxyl groups is 1.